The third kappa shape index (κ3) is 3.80. The summed E-state index contributed by atoms with van der Waals surface area (Å²) < 4.78 is 2.36. The van der Waals surface area contributed by atoms with Crippen molar-refractivity contribution in [2.45, 2.75) is 25.3 Å². The molecule has 1 spiro atoms. The minimum absolute atomic E-state index is 0.394. The maximum atomic E-state index is 5.04. The van der Waals surface area contributed by atoms with Gasteiger partial charge < -0.3 is 4.57 Å². The summed E-state index contributed by atoms with van der Waals surface area (Å²) in [6, 6.07) is 61.1. The highest BCUT2D eigenvalue weighted by Gasteiger charge is 2.52. The van der Waals surface area contributed by atoms with Crippen molar-refractivity contribution in [3.63, 3.8) is 0 Å². The first-order valence-corrected chi connectivity index (χ1v) is 18.1. The van der Waals surface area contributed by atoms with Crippen LogP contribution in [0.5, 0.6) is 0 Å². The van der Waals surface area contributed by atoms with Crippen LogP contribution in [0.2, 0.25) is 0 Å². The minimum atomic E-state index is -0.394. The molecule has 2 aliphatic rings. The fourth-order valence-electron chi connectivity index (χ4n) is 9.48. The Morgan fingerprint density at radius 3 is 1.98 bits per heavy atom. The molecule has 8 aromatic carbocycles. The molecule has 9 aromatic rings. The zero-order valence-electron chi connectivity index (χ0n) is 28.4. The standard InChI is InChI=1S/C49H34N2/c1-2-29-51-45-18-10-9-17-44(45)50-48(51)33-21-19-31(20-22-33)34-23-26-37-35(30-34)24-27-40-46-36-12-4-3-11-32(36)25-28-43(46)49(47(37)40)41-15-7-5-13-38(41)39-14-6-8-16-42(39)49/h3-28,30H,2,29H2,1H3. The number of benzene rings is 8. The second-order valence-electron chi connectivity index (χ2n) is 14.1. The Hall–Kier alpha value is -6.25. The largest absolute Gasteiger partial charge is 0.324 e. The van der Waals surface area contributed by atoms with Crippen LogP contribution in [0.3, 0.4) is 0 Å². The van der Waals surface area contributed by atoms with Crippen LogP contribution in [0.4, 0.5) is 0 Å². The summed E-state index contributed by atoms with van der Waals surface area (Å²) in [4.78, 5) is 5.04. The summed E-state index contributed by atoms with van der Waals surface area (Å²) in [5.41, 5.74) is 16.3. The lowest BCUT2D eigenvalue weighted by Gasteiger charge is -2.31. The van der Waals surface area contributed by atoms with Gasteiger partial charge in [-0.15, -0.1) is 0 Å². The van der Waals surface area contributed by atoms with E-state index < -0.39 is 5.41 Å². The van der Waals surface area contributed by atoms with Crippen molar-refractivity contribution < 1.29 is 0 Å². The molecule has 11 rings (SSSR count). The normalized spacial score (nSPS) is 13.5. The Morgan fingerprint density at radius 2 is 1.18 bits per heavy atom. The number of rotatable bonds is 4. The molecule has 2 nitrogen and oxygen atoms in total. The molecule has 0 bridgehead atoms. The maximum absolute atomic E-state index is 5.04. The molecule has 0 amide bonds. The first-order chi connectivity index (χ1) is 25.3. The van der Waals surface area contributed by atoms with Crippen molar-refractivity contribution >= 4 is 32.6 Å². The quantitative estimate of drug-likeness (QED) is 0.185. The third-order valence-corrected chi connectivity index (χ3v) is 11.5. The van der Waals surface area contributed by atoms with Crippen molar-refractivity contribution in [1.82, 2.24) is 9.55 Å². The second-order valence-corrected chi connectivity index (χ2v) is 14.1. The predicted molar refractivity (Wildman–Crippen MR) is 212 cm³/mol. The van der Waals surface area contributed by atoms with E-state index in [0.717, 1.165) is 29.9 Å². The van der Waals surface area contributed by atoms with Crippen molar-refractivity contribution in [2.24, 2.45) is 0 Å². The van der Waals surface area contributed by atoms with Crippen LogP contribution in [0.15, 0.2) is 164 Å². The predicted octanol–water partition coefficient (Wildman–Crippen LogP) is 12.4. The van der Waals surface area contributed by atoms with Crippen LogP contribution in [0, 0.1) is 0 Å². The molecule has 0 radical (unpaired) electrons. The maximum Gasteiger partial charge on any atom is 0.141 e. The van der Waals surface area contributed by atoms with Gasteiger partial charge in [-0.3, -0.25) is 0 Å². The molecule has 0 N–H and O–H groups in total. The third-order valence-electron chi connectivity index (χ3n) is 11.5. The molecular formula is C49H34N2. The van der Waals surface area contributed by atoms with Crippen molar-refractivity contribution in [2.75, 3.05) is 0 Å². The minimum Gasteiger partial charge on any atom is -0.324 e. The second kappa shape index (κ2) is 10.6. The number of aromatic nitrogens is 2. The topological polar surface area (TPSA) is 17.8 Å². The summed E-state index contributed by atoms with van der Waals surface area (Å²) in [6.45, 7) is 3.17. The monoisotopic (exact) mass is 650 g/mol. The van der Waals surface area contributed by atoms with Crippen LogP contribution in [0.25, 0.3) is 77.3 Å². The van der Waals surface area contributed by atoms with Crippen LogP contribution in [-0.4, -0.2) is 9.55 Å². The molecule has 0 saturated heterocycles. The number of hydrogen-bond donors (Lipinski definition) is 0. The number of imidazole rings is 1. The van der Waals surface area contributed by atoms with Crippen LogP contribution >= 0.6 is 0 Å². The highest BCUT2D eigenvalue weighted by atomic mass is 15.1. The van der Waals surface area contributed by atoms with E-state index in [9.17, 15) is 0 Å². The average molecular weight is 651 g/mol. The molecule has 0 saturated carbocycles. The number of aryl methyl sites for hydroxylation is 1. The molecule has 1 aromatic heterocycles. The summed E-state index contributed by atoms with van der Waals surface area (Å²) in [7, 11) is 0. The van der Waals surface area contributed by atoms with Gasteiger partial charge in [-0.05, 0) is 102 Å². The molecule has 2 heteroatoms. The number of para-hydroxylation sites is 2. The summed E-state index contributed by atoms with van der Waals surface area (Å²) in [5.74, 6) is 1.04. The number of fused-ring (bicyclic) bond motifs is 15. The first-order valence-electron chi connectivity index (χ1n) is 18.1. The van der Waals surface area contributed by atoms with Gasteiger partial charge in [-0.1, -0.05) is 153 Å². The molecule has 51 heavy (non-hydrogen) atoms. The van der Waals surface area contributed by atoms with Gasteiger partial charge in [0, 0.05) is 12.1 Å². The molecule has 0 atom stereocenters. The SMILES string of the molecule is CCCn1c(-c2ccc(-c3ccc4c5c(ccc4c3)-c3c(ccc4ccccc34)C53c4ccccc4-c4ccccc43)cc2)nc2ccccc21. The molecule has 0 unspecified atom stereocenters. The summed E-state index contributed by atoms with van der Waals surface area (Å²) in [6.07, 6.45) is 1.06. The smallest absolute Gasteiger partial charge is 0.141 e. The van der Waals surface area contributed by atoms with Crippen LogP contribution in [0.1, 0.15) is 35.6 Å². The molecule has 240 valence electrons. The molecule has 0 aliphatic heterocycles. The Bertz CT molecular complexity index is 2830. The van der Waals surface area contributed by atoms with Gasteiger partial charge in [0.1, 0.15) is 5.82 Å². The lowest BCUT2D eigenvalue weighted by atomic mass is 9.69. The lowest BCUT2D eigenvalue weighted by Crippen LogP contribution is -2.26. The molecule has 0 fully saturated rings. The first kappa shape index (κ1) is 28.6. The van der Waals surface area contributed by atoms with E-state index >= 15 is 0 Å². The van der Waals surface area contributed by atoms with E-state index in [2.05, 4.69) is 175 Å². The van der Waals surface area contributed by atoms with Crippen molar-refractivity contribution in [3.8, 4) is 44.8 Å². The van der Waals surface area contributed by atoms with Gasteiger partial charge in [0.2, 0.25) is 0 Å². The van der Waals surface area contributed by atoms with Crippen molar-refractivity contribution in [3.05, 3.63) is 186 Å². The van der Waals surface area contributed by atoms with E-state index in [1.165, 1.54) is 82.7 Å². The fraction of sp³-hybridized carbons (Fsp3) is 0.0816. The fourth-order valence-corrected chi connectivity index (χ4v) is 9.48. The Kier molecular flexibility index (Phi) is 5.95. The van der Waals surface area contributed by atoms with Crippen LogP contribution < -0.4 is 0 Å². The van der Waals surface area contributed by atoms with E-state index in [1.54, 1.807) is 0 Å². The van der Waals surface area contributed by atoms with E-state index in [0.29, 0.717) is 0 Å². The number of hydrogen-bond acceptors (Lipinski definition) is 1. The van der Waals surface area contributed by atoms with Gasteiger partial charge in [-0.25, -0.2) is 4.98 Å². The van der Waals surface area contributed by atoms with E-state index in [1.807, 2.05) is 0 Å². The van der Waals surface area contributed by atoms with Gasteiger partial charge in [-0.2, -0.15) is 0 Å². The summed E-state index contributed by atoms with van der Waals surface area (Å²) >= 11 is 0. The average Bonchev–Trinajstić information content (AvgIpc) is 3.82. The van der Waals surface area contributed by atoms with Gasteiger partial charge in [0.25, 0.3) is 0 Å². The zero-order valence-corrected chi connectivity index (χ0v) is 28.4. The highest BCUT2D eigenvalue weighted by Crippen LogP contribution is 2.65. The molecule has 1 heterocycles. The van der Waals surface area contributed by atoms with Gasteiger partial charge >= 0.3 is 0 Å². The van der Waals surface area contributed by atoms with Crippen molar-refractivity contribution in [1.29, 1.82) is 0 Å². The van der Waals surface area contributed by atoms with Crippen LogP contribution in [-0.2, 0) is 12.0 Å². The lowest BCUT2D eigenvalue weighted by molar-refractivity contribution is 0.704. The molecular weight excluding hydrogens is 617 g/mol. The van der Waals surface area contributed by atoms with E-state index in [4.69, 9.17) is 4.98 Å². The van der Waals surface area contributed by atoms with Gasteiger partial charge in [0.05, 0.1) is 16.4 Å². The molecule has 2 aliphatic carbocycles. The Labute approximate surface area is 297 Å². The zero-order chi connectivity index (χ0) is 33.7. The Morgan fingerprint density at radius 1 is 0.510 bits per heavy atom. The summed E-state index contributed by atoms with van der Waals surface area (Å²) in [5, 5.41) is 5.17. The Balaban J connectivity index is 1.11. The highest BCUT2D eigenvalue weighted by molar-refractivity contribution is 6.11. The van der Waals surface area contributed by atoms with E-state index in [-0.39, 0.29) is 0 Å². The number of nitrogens with zero attached hydrogens (tertiary/aromatic N) is 2. The van der Waals surface area contributed by atoms with Gasteiger partial charge in [0.15, 0.2) is 0 Å².